The van der Waals surface area contributed by atoms with E-state index < -0.39 is 5.97 Å². The lowest BCUT2D eigenvalue weighted by Crippen LogP contribution is -2.24. The van der Waals surface area contributed by atoms with Crippen molar-refractivity contribution in [2.45, 2.75) is 26.9 Å². The maximum atomic E-state index is 12.4. The van der Waals surface area contributed by atoms with Gasteiger partial charge in [-0.3, -0.25) is 4.79 Å². The van der Waals surface area contributed by atoms with E-state index in [1.807, 2.05) is 26.2 Å². The number of aromatic nitrogens is 1. The first-order valence-corrected chi connectivity index (χ1v) is 8.11. The van der Waals surface area contributed by atoms with Crippen LogP contribution in [0.2, 0.25) is 0 Å². The van der Waals surface area contributed by atoms with E-state index in [4.69, 9.17) is 4.74 Å². The van der Waals surface area contributed by atoms with Gasteiger partial charge in [0.15, 0.2) is 0 Å². The van der Waals surface area contributed by atoms with Gasteiger partial charge in [-0.05, 0) is 44.6 Å². The number of hydrogen-bond acceptors (Lipinski definition) is 4. The van der Waals surface area contributed by atoms with Crippen LogP contribution in [0.4, 0.5) is 0 Å². The van der Waals surface area contributed by atoms with Crippen molar-refractivity contribution in [3.05, 3.63) is 57.9 Å². The van der Waals surface area contributed by atoms with Crippen molar-refractivity contribution in [2.24, 2.45) is 0 Å². The molecule has 1 aromatic heterocycles. The molecule has 25 heavy (non-hydrogen) atoms. The van der Waals surface area contributed by atoms with Gasteiger partial charge in [-0.1, -0.05) is 24.3 Å². The minimum atomic E-state index is -0.443. The zero-order valence-electron chi connectivity index (χ0n) is 15.4. The van der Waals surface area contributed by atoms with E-state index in [0.717, 1.165) is 12.1 Å². The van der Waals surface area contributed by atoms with E-state index in [9.17, 15) is 9.59 Å². The highest BCUT2D eigenvalue weighted by molar-refractivity contribution is 6.00. The lowest BCUT2D eigenvalue weighted by Gasteiger charge is -2.10. The number of carbonyl (C=O) groups excluding carboxylic acids is 2. The van der Waals surface area contributed by atoms with Gasteiger partial charge >= 0.3 is 5.97 Å². The molecule has 0 atom stereocenters. The molecular formula is C19H25N3O3. The van der Waals surface area contributed by atoms with Crippen LogP contribution in [0, 0.1) is 13.8 Å². The Balaban J connectivity index is 2.04. The number of amides is 1. The zero-order chi connectivity index (χ0) is 18.6. The lowest BCUT2D eigenvalue weighted by atomic mass is 10.1. The third-order valence-corrected chi connectivity index (χ3v) is 4.03. The highest BCUT2D eigenvalue weighted by Gasteiger charge is 2.22. The van der Waals surface area contributed by atoms with Crippen LogP contribution >= 0.6 is 0 Å². The van der Waals surface area contributed by atoms with Crippen molar-refractivity contribution in [3.8, 4) is 0 Å². The Morgan fingerprint density at radius 2 is 1.72 bits per heavy atom. The standard InChI is InChI=1S/C19H25N3O3/c1-12-16(19(24)25-5)13(2)21-17(12)18(23)20-10-14-6-8-15(9-7-14)11-22(3)4/h6-9,21H,10-11H2,1-5H3,(H,20,23). The second-order valence-electron chi connectivity index (χ2n) is 6.35. The van der Waals surface area contributed by atoms with Gasteiger partial charge in [0.25, 0.3) is 5.91 Å². The van der Waals surface area contributed by atoms with Crippen LogP contribution < -0.4 is 5.32 Å². The van der Waals surface area contributed by atoms with E-state index in [1.165, 1.54) is 12.7 Å². The maximum absolute atomic E-state index is 12.4. The molecule has 1 heterocycles. The summed E-state index contributed by atoms with van der Waals surface area (Å²) in [7, 11) is 5.38. The average molecular weight is 343 g/mol. The van der Waals surface area contributed by atoms with Gasteiger partial charge in [0, 0.05) is 18.8 Å². The first-order valence-electron chi connectivity index (χ1n) is 8.11. The van der Waals surface area contributed by atoms with E-state index in [-0.39, 0.29) is 5.91 Å². The summed E-state index contributed by atoms with van der Waals surface area (Å²) in [6, 6.07) is 8.12. The zero-order valence-corrected chi connectivity index (χ0v) is 15.4. The summed E-state index contributed by atoms with van der Waals surface area (Å²) >= 11 is 0. The van der Waals surface area contributed by atoms with Gasteiger partial charge in [-0.15, -0.1) is 0 Å². The van der Waals surface area contributed by atoms with Gasteiger partial charge in [-0.2, -0.15) is 0 Å². The molecule has 134 valence electrons. The molecular weight excluding hydrogens is 318 g/mol. The third kappa shape index (κ3) is 4.48. The number of nitrogens with zero attached hydrogens (tertiary/aromatic N) is 1. The Bertz CT molecular complexity index is 761. The van der Waals surface area contributed by atoms with Crippen LogP contribution in [-0.2, 0) is 17.8 Å². The number of methoxy groups -OCH3 is 1. The molecule has 6 nitrogen and oxygen atoms in total. The fraction of sp³-hybridized carbons (Fsp3) is 0.368. The predicted molar refractivity (Wildman–Crippen MR) is 96.6 cm³/mol. The molecule has 0 unspecified atom stereocenters. The van der Waals surface area contributed by atoms with Gasteiger partial charge in [0.1, 0.15) is 5.69 Å². The molecule has 0 radical (unpaired) electrons. The Morgan fingerprint density at radius 1 is 1.12 bits per heavy atom. The van der Waals surface area contributed by atoms with E-state index >= 15 is 0 Å². The molecule has 0 saturated heterocycles. The minimum Gasteiger partial charge on any atom is -0.465 e. The van der Waals surface area contributed by atoms with Gasteiger partial charge in [0.05, 0.1) is 12.7 Å². The highest BCUT2D eigenvalue weighted by atomic mass is 16.5. The fourth-order valence-corrected chi connectivity index (χ4v) is 2.78. The summed E-state index contributed by atoms with van der Waals surface area (Å²) in [5, 5.41) is 2.88. The largest absolute Gasteiger partial charge is 0.465 e. The topological polar surface area (TPSA) is 74.4 Å². The Labute approximate surface area is 148 Å². The maximum Gasteiger partial charge on any atom is 0.339 e. The normalized spacial score (nSPS) is 10.8. The average Bonchev–Trinajstić information content (AvgIpc) is 2.87. The molecule has 2 rings (SSSR count). The second-order valence-corrected chi connectivity index (χ2v) is 6.35. The van der Waals surface area contributed by atoms with Crippen LogP contribution in [0.25, 0.3) is 0 Å². The van der Waals surface area contributed by atoms with Crippen LogP contribution in [0.5, 0.6) is 0 Å². The Hall–Kier alpha value is -2.60. The smallest absolute Gasteiger partial charge is 0.339 e. The highest BCUT2D eigenvalue weighted by Crippen LogP contribution is 2.19. The molecule has 6 heteroatoms. The van der Waals surface area contributed by atoms with E-state index in [0.29, 0.717) is 29.1 Å². The number of aromatic amines is 1. The minimum absolute atomic E-state index is 0.242. The van der Waals surface area contributed by atoms with Crippen molar-refractivity contribution < 1.29 is 14.3 Å². The number of ether oxygens (including phenoxy) is 1. The first kappa shape index (κ1) is 18.7. The van der Waals surface area contributed by atoms with Gasteiger partial charge in [0.2, 0.25) is 0 Å². The number of aryl methyl sites for hydroxylation is 1. The third-order valence-electron chi connectivity index (χ3n) is 4.03. The molecule has 0 aliphatic carbocycles. The molecule has 0 aliphatic rings. The summed E-state index contributed by atoms with van der Waals surface area (Å²) in [6.45, 7) is 4.79. The number of nitrogens with one attached hydrogen (secondary N) is 2. The number of carbonyl (C=O) groups is 2. The number of benzene rings is 1. The van der Waals surface area contributed by atoms with Crippen molar-refractivity contribution in [3.63, 3.8) is 0 Å². The quantitative estimate of drug-likeness (QED) is 0.790. The summed E-state index contributed by atoms with van der Waals surface area (Å²) < 4.78 is 4.76. The monoisotopic (exact) mass is 343 g/mol. The number of rotatable bonds is 6. The lowest BCUT2D eigenvalue weighted by molar-refractivity contribution is 0.0599. The van der Waals surface area contributed by atoms with Crippen LogP contribution in [0.1, 0.15) is 43.2 Å². The predicted octanol–water partition coefficient (Wildman–Crippen LogP) is 2.41. The Morgan fingerprint density at radius 3 is 2.28 bits per heavy atom. The van der Waals surface area contributed by atoms with Crippen molar-refractivity contribution in [1.82, 2.24) is 15.2 Å². The summed E-state index contributed by atoms with van der Waals surface area (Å²) in [4.78, 5) is 29.3. The van der Waals surface area contributed by atoms with Gasteiger partial charge in [-0.25, -0.2) is 4.79 Å². The van der Waals surface area contributed by atoms with E-state index in [2.05, 4.69) is 27.3 Å². The molecule has 0 aliphatic heterocycles. The molecule has 1 amide bonds. The number of esters is 1. The SMILES string of the molecule is COC(=O)c1c(C)[nH]c(C(=O)NCc2ccc(CN(C)C)cc2)c1C. The molecule has 0 bridgehead atoms. The molecule has 0 saturated carbocycles. The van der Waals surface area contributed by atoms with Crippen molar-refractivity contribution in [1.29, 1.82) is 0 Å². The molecule has 2 N–H and O–H groups in total. The van der Waals surface area contributed by atoms with Crippen LogP contribution in [0.15, 0.2) is 24.3 Å². The number of H-pyrrole nitrogens is 1. The molecule has 2 aromatic rings. The first-order chi connectivity index (χ1) is 11.8. The molecule has 0 spiro atoms. The van der Waals surface area contributed by atoms with Crippen molar-refractivity contribution >= 4 is 11.9 Å². The second kappa shape index (κ2) is 7.98. The fourth-order valence-electron chi connectivity index (χ4n) is 2.78. The summed E-state index contributed by atoms with van der Waals surface area (Å²) in [6.07, 6.45) is 0. The van der Waals surface area contributed by atoms with E-state index in [1.54, 1.807) is 13.8 Å². The molecule has 1 aromatic carbocycles. The van der Waals surface area contributed by atoms with Crippen LogP contribution in [-0.4, -0.2) is 43.0 Å². The summed E-state index contributed by atoms with van der Waals surface area (Å²) in [5.74, 6) is -0.685. The molecule has 0 fully saturated rings. The van der Waals surface area contributed by atoms with Gasteiger partial charge < -0.3 is 19.9 Å². The van der Waals surface area contributed by atoms with Crippen molar-refractivity contribution in [2.75, 3.05) is 21.2 Å². The summed E-state index contributed by atoms with van der Waals surface area (Å²) in [5.41, 5.74) is 4.28. The number of hydrogen-bond donors (Lipinski definition) is 2. The van der Waals surface area contributed by atoms with Crippen LogP contribution in [0.3, 0.4) is 0 Å². The Kier molecular flexibility index (Phi) is 5.98.